The van der Waals surface area contributed by atoms with Gasteiger partial charge in [-0.05, 0) is 69.9 Å². The molecule has 0 amide bonds. The lowest BCUT2D eigenvalue weighted by molar-refractivity contribution is -0.117. The number of hydrogen-bond donors (Lipinski definition) is 0. The summed E-state index contributed by atoms with van der Waals surface area (Å²) in [7, 11) is 3.29. The van der Waals surface area contributed by atoms with Gasteiger partial charge in [-0.2, -0.15) is 0 Å². The smallest absolute Gasteiger partial charge is 0.134 e. The van der Waals surface area contributed by atoms with Gasteiger partial charge in [-0.1, -0.05) is 23.8 Å². The molecule has 2 aromatic rings. The lowest BCUT2D eigenvalue weighted by Gasteiger charge is -2.11. The summed E-state index contributed by atoms with van der Waals surface area (Å²) in [6.07, 6.45) is 0.939. The zero-order valence-electron chi connectivity index (χ0n) is 18.4. The summed E-state index contributed by atoms with van der Waals surface area (Å²) in [5.41, 5.74) is 6.55. The lowest BCUT2D eigenvalue weighted by atomic mass is 10.0. The first-order chi connectivity index (χ1) is 13.1. The molecule has 152 valence electrons. The van der Waals surface area contributed by atoms with E-state index in [1.165, 1.54) is 5.56 Å². The number of ether oxygens (including phenoxy) is 2. The van der Waals surface area contributed by atoms with Gasteiger partial charge in [0.1, 0.15) is 23.1 Å². The normalized spacial score (nSPS) is 10.0. The fourth-order valence-electron chi connectivity index (χ4n) is 3.29. The van der Waals surface area contributed by atoms with Gasteiger partial charge in [0.05, 0.1) is 14.2 Å². The van der Waals surface area contributed by atoms with E-state index in [1.807, 2.05) is 39.8 Å². The zero-order valence-corrected chi connectivity index (χ0v) is 18.4. The molecular weight excluding hydrogens is 352 g/mol. The Morgan fingerprint density at radius 1 is 0.714 bits per heavy atom. The molecule has 4 heteroatoms. The number of ketones is 2. The molecular formula is C24H32O4. The molecule has 0 saturated carbocycles. The number of methoxy groups -OCH3 is 2. The molecule has 0 fully saturated rings. The van der Waals surface area contributed by atoms with Crippen molar-refractivity contribution in [2.75, 3.05) is 14.2 Å². The van der Waals surface area contributed by atoms with Crippen LogP contribution in [0, 0.1) is 27.7 Å². The molecule has 0 spiro atoms. The number of hydrogen-bond acceptors (Lipinski definition) is 4. The van der Waals surface area contributed by atoms with Gasteiger partial charge in [0.15, 0.2) is 0 Å². The van der Waals surface area contributed by atoms with Crippen LogP contribution in [0.15, 0.2) is 24.3 Å². The molecule has 0 aliphatic heterocycles. The van der Waals surface area contributed by atoms with Crippen LogP contribution in [0.5, 0.6) is 11.5 Å². The second kappa shape index (κ2) is 10.6. The van der Waals surface area contributed by atoms with Crippen LogP contribution >= 0.6 is 0 Å². The Morgan fingerprint density at radius 3 is 1.79 bits per heavy atom. The molecule has 2 rings (SSSR count). The number of rotatable bonds is 6. The minimum absolute atomic E-state index is 0.160. The molecule has 28 heavy (non-hydrogen) atoms. The van der Waals surface area contributed by atoms with Crippen LogP contribution in [0.2, 0.25) is 0 Å². The van der Waals surface area contributed by atoms with E-state index in [1.54, 1.807) is 28.1 Å². The van der Waals surface area contributed by atoms with E-state index in [0.717, 1.165) is 39.3 Å². The molecule has 0 aliphatic carbocycles. The van der Waals surface area contributed by atoms with Gasteiger partial charge in [0.25, 0.3) is 0 Å². The summed E-state index contributed by atoms with van der Waals surface area (Å²) in [4.78, 5) is 22.1. The number of benzene rings is 2. The highest BCUT2D eigenvalue weighted by Gasteiger charge is 2.09. The molecule has 0 saturated heterocycles. The van der Waals surface area contributed by atoms with Crippen molar-refractivity contribution in [2.45, 2.75) is 54.4 Å². The van der Waals surface area contributed by atoms with Crippen molar-refractivity contribution in [2.24, 2.45) is 0 Å². The van der Waals surface area contributed by atoms with E-state index in [-0.39, 0.29) is 11.6 Å². The van der Waals surface area contributed by atoms with Crippen LogP contribution in [-0.2, 0) is 22.4 Å². The maximum absolute atomic E-state index is 11.0. The predicted octanol–water partition coefficient (Wildman–Crippen LogP) is 4.89. The molecule has 0 heterocycles. The number of Topliss-reactive ketones (excluding diaryl/α,β-unsaturated/α-hetero) is 2. The van der Waals surface area contributed by atoms with Crippen molar-refractivity contribution in [1.29, 1.82) is 0 Å². The Kier molecular flexibility index (Phi) is 8.90. The molecule has 0 atom stereocenters. The van der Waals surface area contributed by atoms with Crippen molar-refractivity contribution >= 4 is 11.6 Å². The van der Waals surface area contributed by atoms with E-state index < -0.39 is 0 Å². The fraction of sp³-hybridized carbons (Fsp3) is 0.417. The minimum atomic E-state index is 0.160. The maximum Gasteiger partial charge on any atom is 0.134 e. The molecule has 0 radical (unpaired) electrons. The van der Waals surface area contributed by atoms with Gasteiger partial charge in [0.2, 0.25) is 0 Å². The fourth-order valence-corrected chi connectivity index (χ4v) is 3.29. The largest absolute Gasteiger partial charge is 0.496 e. The van der Waals surface area contributed by atoms with Crippen LogP contribution in [0.1, 0.15) is 47.2 Å². The van der Waals surface area contributed by atoms with Crippen LogP contribution < -0.4 is 9.47 Å². The number of carbonyl (C=O) groups excluding carboxylic acids is 2. The number of aryl methyl sites for hydroxylation is 4. The van der Waals surface area contributed by atoms with Gasteiger partial charge < -0.3 is 9.47 Å². The highest BCUT2D eigenvalue weighted by Crippen LogP contribution is 2.25. The average molecular weight is 385 g/mol. The van der Waals surface area contributed by atoms with Gasteiger partial charge in [0, 0.05) is 18.4 Å². The number of carbonyl (C=O) groups is 2. The van der Waals surface area contributed by atoms with Crippen LogP contribution in [0.3, 0.4) is 0 Å². The van der Waals surface area contributed by atoms with E-state index in [4.69, 9.17) is 9.47 Å². The third-order valence-electron chi connectivity index (χ3n) is 4.43. The molecule has 4 nitrogen and oxygen atoms in total. The summed E-state index contributed by atoms with van der Waals surface area (Å²) < 4.78 is 10.5. The van der Waals surface area contributed by atoms with Crippen LogP contribution in [0.4, 0.5) is 0 Å². The third-order valence-corrected chi connectivity index (χ3v) is 4.43. The van der Waals surface area contributed by atoms with E-state index in [0.29, 0.717) is 12.8 Å². The van der Waals surface area contributed by atoms with E-state index in [9.17, 15) is 9.59 Å². The third kappa shape index (κ3) is 6.84. The first-order valence-corrected chi connectivity index (χ1v) is 9.36. The van der Waals surface area contributed by atoms with Crippen molar-refractivity contribution in [3.63, 3.8) is 0 Å². The monoisotopic (exact) mass is 384 g/mol. The summed E-state index contributed by atoms with van der Waals surface area (Å²) in [6, 6.07) is 8.07. The second-order valence-electron chi connectivity index (χ2n) is 7.28. The van der Waals surface area contributed by atoms with Crippen molar-refractivity contribution in [1.82, 2.24) is 0 Å². The van der Waals surface area contributed by atoms with E-state index in [2.05, 4.69) is 12.1 Å². The average Bonchev–Trinajstić information content (AvgIpc) is 2.56. The van der Waals surface area contributed by atoms with Gasteiger partial charge in [-0.3, -0.25) is 9.59 Å². The summed E-state index contributed by atoms with van der Waals surface area (Å²) >= 11 is 0. The Bertz CT molecular complexity index is 850. The van der Waals surface area contributed by atoms with Gasteiger partial charge in [-0.15, -0.1) is 0 Å². The standard InChI is InChI=1S/2C12H16O2/c1-8-5-9(2)12(14-4)7-11(8)6-10(3)13;1-8-5-9(2)12(14-4)11(6-8)7-10(3)13/h5,7H,6H2,1-4H3;5-6H,7H2,1-4H3. The summed E-state index contributed by atoms with van der Waals surface area (Å²) in [6.45, 7) is 11.2. The molecule has 0 aromatic heterocycles. The maximum atomic E-state index is 11.0. The Labute approximate surface area is 168 Å². The molecule has 2 aromatic carbocycles. The molecule has 0 unspecified atom stereocenters. The Hall–Kier alpha value is -2.62. The highest BCUT2D eigenvalue weighted by molar-refractivity contribution is 5.79. The van der Waals surface area contributed by atoms with Crippen LogP contribution in [0.25, 0.3) is 0 Å². The van der Waals surface area contributed by atoms with Crippen molar-refractivity contribution in [3.05, 3.63) is 57.6 Å². The van der Waals surface area contributed by atoms with E-state index >= 15 is 0 Å². The SMILES string of the molecule is COc1c(C)cc(C)cc1CC(C)=O.COc1cc(CC(C)=O)c(C)cc1C. The minimum Gasteiger partial charge on any atom is -0.496 e. The second-order valence-corrected chi connectivity index (χ2v) is 7.28. The Morgan fingerprint density at radius 2 is 1.29 bits per heavy atom. The Balaban J connectivity index is 0.000000280. The molecule has 0 N–H and O–H groups in total. The van der Waals surface area contributed by atoms with Crippen LogP contribution in [-0.4, -0.2) is 25.8 Å². The molecule has 0 aliphatic rings. The quantitative estimate of drug-likeness (QED) is 0.712. The molecule has 0 bridgehead atoms. The predicted molar refractivity (Wildman–Crippen MR) is 114 cm³/mol. The highest BCUT2D eigenvalue weighted by atomic mass is 16.5. The topological polar surface area (TPSA) is 52.6 Å². The lowest BCUT2D eigenvalue weighted by Crippen LogP contribution is -2.01. The van der Waals surface area contributed by atoms with Gasteiger partial charge in [-0.25, -0.2) is 0 Å². The zero-order chi connectivity index (χ0) is 21.4. The summed E-state index contributed by atoms with van der Waals surface area (Å²) in [5.74, 6) is 2.03. The van der Waals surface area contributed by atoms with Gasteiger partial charge >= 0.3 is 0 Å². The first kappa shape index (κ1) is 23.4. The van der Waals surface area contributed by atoms with Crippen molar-refractivity contribution < 1.29 is 19.1 Å². The first-order valence-electron chi connectivity index (χ1n) is 9.36. The van der Waals surface area contributed by atoms with Crippen molar-refractivity contribution in [3.8, 4) is 11.5 Å². The summed E-state index contributed by atoms with van der Waals surface area (Å²) in [5, 5.41) is 0.